The SMILES string of the molecule is C=C1CC[C@H](O)C/C1=C/C=C1\CCC[C@]2(C)[C@@H]([C@H](C)CCCC(O)(C(F)F)C(F)F)CC[C@@H]12. The molecule has 0 unspecified atom stereocenters. The van der Waals surface area contributed by atoms with E-state index in [9.17, 15) is 27.8 Å². The highest BCUT2D eigenvalue weighted by molar-refractivity contribution is 5.36. The summed E-state index contributed by atoms with van der Waals surface area (Å²) < 4.78 is 51.9. The van der Waals surface area contributed by atoms with E-state index in [0.29, 0.717) is 24.7 Å². The molecular formula is C27H40F4O2. The Morgan fingerprint density at radius 1 is 1.12 bits per heavy atom. The van der Waals surface area contributed by atoms with Crippen LogP contribution in [0.3, 0.4) is 0 Å². The summed E-state index contributed by atoms with van der Waals surface area (Å²) in [4.78, 5) is 0. The lowest BCUT2D eigenvalue weighted by Gasteiger charge is -2.44. The van der Waals surface area contributed by atoms with Gasteiger partial charge in [-0.05, 0) is 93.0 Å². The number of rotatable bonds is 8. The Hall–Kier alpha value is -1.14. The molecule has 5 atom stereocenters. The first-order chi connectivity index (χ1) is 15.5. The van der Waals surface area contributed by atoms with Crippen molar-refractivity contribution in [1.29, 1.82) is 0 Å². The van der Waals surface area contributed by atoms with E-state index in [4.69, 9.17) is 0 Å². The van der Waals surface area contributed by atoms with Crippen molar-refractivity contribution in [1.82, 2.24) is 0 Å². The summed E-state index contributed by atoms with van der Waals surface area (Å²) >= 11 is 0. The molecule has 0 heterocycles. The Labute approximate surface area is 195 Å². The molecule has 3 aliphatic rings. The number of aliphatic hydroxyl groups is 2. The van der Waals surface area contributed by atoms with Crippen molar-refractivity contribution in [3.8, 4) is 0 Å². The van der Waals surface area contributed by atoms with Gasteiger partial charge in [0.25, 0.3) is 12.9 Å². The van der Waals surface area contributed by atoms with Crippen LogP contribution >= 0.6 is 0 Å². The molecule has 0 bridgehead atoms. The molecule has 3 fully saturated rings. The third kappa shape index (κ3) is 5.58. The van der Waals surface area contributed by atoms with Crippen molar-refractivity contribution >= 4 is 0 Å². The summed E-state index contributed by atoms with van der Waals surface area (Å²) in [6.45, 7) is 8.60. The van der Waals surface area contributed by atoms with E-state index in [1.54, 1.807) is 0 Å². The molecule has 3 rings (SSSR count). The van der Waals surface area contributed by atoms with Crippen LogP contribution in [0.2, 0.25) is 0 Å². The Bertz CT molecular complexity index is 751. The zero-order valence-electron chi connectivity index (χ0n) is 20.0. The highest BCUT2D eigenvalue weighted by Crippen LogP contribution is 2.60. The number of allylic oxidation sites excluding steroid dienone is 4. The van der Waals surface area contributed by atoms with Crippen molar-refractivity contribution in [3.05, 3.63) is 35.5 Å². The largest absolute Gasteiger partial charge is 0.393 e. The number of hydrogen-bond donors (Lipinski definition) is 2. The lowest BCUT2D eigenvalue weighted by molar-refractivity contribution is -0.180. The first-order valence-electron chi connectivity index (χ1n) is 12.5. The first kappa shape index (κ1) is 26.5. The van der Waals surface area contributed by atoms with Crippen molar-refractivity contribution in [3.63, 3.8) is 0 Å². The van der Waals surface area contributed by atoms with E-state index in [1.165, 1.54) is 5.57 Å². The number of hydrogen-bond acceptors (Lipinski definition) is 2. The molecule has 3 aliphatic carbocycles. The third-order valence-corrected chi connectivity index (χ3v) is 8.90. The minimum atomic E-state index is -3.44. The van der Waals surface area contributed by atoms with Gasteiger partial charge >= 0.3 is 0 Å². The van der Waals surface area contributed by atoms with Gasteiger partial charge in [-0.2, -0.15) is 0 Å². The normalized spacial score (nSPS) is 34.5. The average Bonchev–Trinajstić information content (AvgIpc) is 3.11. The van der Waals surface area contributed by atoms with E-state index >= 15 is 0 Å². The second-order valence-corrected chi connectivity index (χ2v) is 11.0. The predicted molar refractivity (Wildman–Crippen MR) is 123 cm³/mol. The molecule has 33 heavy (non-hydrogen) atoms. The second kappa shape index (κ2) is 10.6. The lowest BCUT2D eigenvalue weighted by atomic mass is 9.60. The fourth-order valence-electron chi connectivity index (χ4n) is 6.83. The van der Waals surface area contributed by atoms with Crippen LogP contribution in [0.1, 0.15) is 84.5 Å². The lowest BCUT2D eigenvalue weighted by Crippen LogP contribution is -2.44. The van der Waals surface area contributed by atoms with Crippen LogP contribution in [-0.4, -0.2) is 34.8 Å². The average molecular weight is 473 g/mol. The van der Waals surface area contributed by atoms with Crippen molar-refractivity contribution in [2.45, 2.75) is 109 Å². The van der Waals surface area contributed by atoms with Crippen LogP contribution < -0.4 is 0 Å². The summed E-state index contributed by atoms with van der Waals surface area (Å²) in [5, 5.41) is 19.7. The van der Waals surface area contributed by atoms with Crippen LogP contribution in [0.25, 0.3) is 0 Å². The second-order valence-electron chi connectivity index (χ2n) is 11.0. The zero-order chi connectivity index (χ0) is 24.4. The van der Waals surface area contributed by atoms with Crippen molar-refractivity contribution in [2.75, 3.05) is 0 Å². The van der Waals surface area contributed by atoms with E-state index < -0.39 is 24.9 Å². The molecule has 6 heteroatoms. The number of halogens is 4. The van der Waals surface area contributed by atoms with Gasteiger partial charge in [0.15, 0.2) is 5.60 Å². The van der Waals surface area contributed by atoms with Gasteiger partial charge in [-0.25, -0.2) is 17.6 Å². The maximum Gasteiger partial charge on any atom is 0.272 e. The molecule has 0 aromatic rings. The van der Waals surface area contributed by atoms with Gasteiger partial charge in [0.1, 0.15) is 0 Å². The van der Waals surface area contributed by atoms with Crippen LogP contribution in [0.5, 0.6) is 0 Å². The fraction of sp³-hybridized carbons (Fsp3) is 0.778. The quantitative estimate of drug-likeness (QED) is 0.366. The summed E-state index contributed by atoms with van der Waals surface area (Å²) in [5.74, 6) is 1.11. The van der Waals surface area contributed by atoms with Gasteiger partial charge in [-0.15, -0.1) is 0 Å². The van der Waals surface area contributed by atoms with Gasteiger partial charge in [-0.3, -0.25) is 0 Å². The minimum absolute atomic E-state index is 0.118. The van der Waals surface area contributed by atoms with Gasteiger partial charge in [0, 0.05) is 0 Å². The molecule has 0 aromatic carbocycles. The van der Waals surface area contributed by atoms with Crippen LogP contribution in [0, 0.1) is 23.2 Å². The molecule has 2 nitrogen and oxygen atoms in total. The molecule has 0 saturated heterocycles. The number of fused-ring (bicyclic) bond motifs is 1. The Balaban J connectivity index is 1.66. The highest BCUT2D eigenvalue weighted by atomic mass is 19.3. The molecular weight excluding hydrogens is 432 g/mol. The molecule has 0 amide bonds. The standard InChI is InChI=1S/C27H40F4O2/c1-17-8-11-21(32)16-20(17)10-9-19-7-5-14-26(3)22(12-13-23(19)26)18(2)6-4-15-27(33,24(28)29)25(30)31/h9-10,18,21-25,32-33H,1,4-8,11-16H2,2-3H3/b19-9+,20-10-/t18-,21+,22-,23+,26-/m1/s1. The molecule has 0 aromatic heterocycles. The van der Waals surface area contributed by atoms with Crippen LogP contribution in [0.15, 0.2) is 35.5 Å². The van der Waals surface area contributed by atoms with Crippen LogP contribution in [0.4, 0.5) is 17.6 Å². The molecule has 0 spiro atoms. The Morgan fingerprint density at radius 2 is 1.82 bits per heavy atom. The summed E-state index contributed by atoms with van der Waals surface area (Å²) in [6, 6.07) is 0. The Morgan fingerprint density at radius 3 is 2.48 bits per heavy atom. The predicted octanol–water partition coefficient (Wildman–Crippen LogP) is 7.22. The summed E-state index contributed by atoms with van der Waals surface area (Å²) in [6.07, 6.45) is 5.08. The highest BCUT2D eigenvalue weighted by Gasteiger charge is 2.51. The summed E-state index contributed by atoms with van der Waals surface area (Å²) in [5.41, 5.74) is 0.617. The van der Waals surface area contributed by atoms with Gasteiger partial charge in [0.05, 0.1) is 6.10 Å². The maximum atomic E-state index is 13.0. The first-order valence-corrected chi connectivity index (χ1v) is 12.5. The topological polar surface area (TPSA) is 40.5 Å². The van der Waals surface area contributed by atoms with Crippen molar-refractivity contribution < 1.29 is 27.8 Å². The van der Waals surface area contributed by atoms with E-state index in [0.717, 1.165) is 56.1 Å². The van der Waals surface area contributed by atoms with Crippen LogP contribution in [-0.2, 0) is 0 Å². The monoisotopic (exact) mass is 472 g/mol. The summed E-state index contributed by atoms with van der Waals surface area (Å²) in [7, 11) is 0. The van der Waals surface area contributed by atoms with E-state index in [2.05, 4.69) is 32.6 Å². The molecule has 2 N–H and O–H groups in total. The van der Waals surface area contributed by atoms with Gasteiger partial charge in [-0.1, -0.05) is 50.1 Å². The minimum Gasteiger partial charge on any atom is -0.393 e. The van der Waals surface area contributed by atoms with Crippen molar-refractivity contribution in [2.24, 2.45) is 23.2 Å². The maximum absolute atomic E-state index is 13.0. The smallest absolute Gasteiger partial charge is 0.272 e. The van der Waals surface area contributed by atoms with Gasteiger partial charge in [0.2, 0.25) is 0 Å². The van der Waals surface area contributed by atoms with Gasteiger partial charge < -0.3 is 10.2 Å². The van der Waals surface area contributed by atoms with E-state index in [-0.39, 0.29) is 23.9 Å². The molecule has 0 radical (unpaired) electrons. The fourth-order valence-corrected chi connectivity index (χ4v) is 6.83. The van der Waals surface area contributed by atoms with E-state index in [1.807, 2.05) is 0 Å². The number of aliphatic hydroxyl groups excluding tert-OH is 1. The Kier molecular flexibility index (Phi) is 8.53. The number of alkyl halides is 4. The third-order valence-electron chi connectivity index (χ3n) is 8.90. The zero-order valence-corrected chi connectivity index (χ0v) is 20.0. The molecule has 188 valence electrons. The molecule has 3 saturated carbocycles. The molecule has 0 aliphatic heterocycles.